The van der Waals surface area contributed by atoms with E-state index in [0.717, 1.165) is 38.1 Å². The molecule has 10 heteroatoms. The Kier molecular flexibility index (Phi) is 6.43. The first-order valence-corrected chi connectivity index (χ1v) is 12.3. The van der Waals surface area contributed by atoms with Gasteiger partial charge in [-0.15, -0.1) is 32.9 Å². The van der Waals surface area contributed by atoms with Crippen molar-refractivity contribution in [3.63, 3.8) is 0 Å². The highest BCUT2D eigenvalue weighted by atomic mass is 79.9. The van der Waals surface area contributed by atoms with Crippen LogP contribution in [0, 0.1) is 0 Å². The van der Waals surface area contributed by atoms with Crippen LogP contribution in [0.4, 0.5) is 5.13 Å². The number of amides is 1. The van der Waals surface area contributed by atoms with Gasteiger partial charge in [0.2, 0.25) is 5.91 Å². The summed E-state index contributed by atoms with van der Waals surface area (Å²) in [4.78, 5) is 18.0. The van der Waals surface area contributed by atoms with Crippen molar-refractivity contribution in [1.29, 1.82) is 0 Å². The molecule has 4 aromatic rings. The number of thiazole rings is 1. The number of rotatable bonds is 7. The number of hydrogen-bond donors (Lipinski definition) is 1. The van der Waals surface area contributed by atoms with E-state index in [1.54, 1.807) is 11.3 Å². The van der Waals surface area contributed by atoms with Crippen molar-refractivity contribution in [3.05, 3.63) is 51.6 Å². The lowest BCUT2D eigenvalue weighted by atomic mass is 10.2. The molecule has 148 valence electrons. The predicted molar refractivity (Wildman–Crippen MR) is 124 cm³/mol. The second-order valence-corrected chi connectivity index (χ2v) is 9.57. The molecule has 6 nitrogen and oxygen atoms in total. The molecule has 0 saturated heterocycles. The van der Waals surface area contributed by atoms with E-state index in [9.17, 15) is 4.79 Å². The maximum atomic E-state index is 12.4. The molecule has 0 atom stereocenters. The van der Waals surface area contributed by atoms with Crippen LogP contribution in [0.15, 0.2) is 56.8 Å². The minimum absolute atomic E-state index is 0.116. The first-order valence-electron chi connectivity index (χ1n) is 8.75. The molecule has 1 amide bonds. The van der Waals surface area contributed by atoms with Crippen LogP contribution < -0.4 is 5.32 Å². The number of aromatic nitrogens is 4. The lowest BCUT2D eigenvalue weighted by Gasteiger charge is -2.06. The first-order chi connectivity index (χ1) is 14.1. The molecule has 0 spiro atoms. The van der Waals surface area contributed by atoms with Crippen LogP contribution in [-0.2, 0) is 11.3 Å². The number of nitrogens with zero attached hydrogens (tertiary/aromatic N) is 4. The number of nitrogens with one attached hydrogen (secondary N) is 1. The molecule has 4 rings (SSSR count). The summed E-state index contributed by atoms with van der Waals surface area (Å²) in [7, 11) is 0. The van der Waals surface area contributed by atoms with Crippen molar-refractivity contribution >= 4 is 61.4 Å². The van der Waals surface area contributed by atoms with Gasteiger partial charge < -0.3 is 9.88 Å². The number of carbonyl (C=O) groups is 1. The fourth-order valence-corrected chi connectivity index (χ4v) is 5.16. The minimum atomic E-state index is -0.116. The predicted octanol–water partition coefficient (Wildman–Crippen LogP) is 5.64. The van der Waals surface area contributed by atoms with Gasteiger partial charge in [-0.2, -0.15) is 0 Å². The molecule has 0 bridgehead atoms. The Balaban J connectivity index is 1.38. The molecule has 1 aromatic carbocycles. The van der Waals surface area contributed by atoms with Crippen molar-refractivity contribution in [3.8, 4) is 22.0 Å². The standard InChI is InChI=1S/C19H16BrN5OS3/c1-2-25-17(15-4-3-9-27-15)23-24-19(25)29-11-16(26)22-18-21-14(10-28-18)12-5-7-13(20)8-6-12/h3-10H,2,11H2,1H3,(H,21,22,26). The Labute approximate surface area is 188 Å². The number of thioether (sulfide) groups is 1. The van der Waals surface area contributed by atoms with Gasteiger partial charge in [0.1, 0.15) is 0 Å². The fraction of sp³-hybridized carbons (Fsp3) is 0.158. The van der Waals surface area contributed by atoms with Gasteiger partial charge >= 0.3 is 0 Å². The topological polar surface area (TPSA) is 72.7 Å². The lowest BCUT2D eigenvalue weighted by Crippen LogP contribution is -2.14. The van der Waals surface area contributed by atoms with E-state index in [-0.39, 0.29) is 11.7 Å². The summed E-state index contributed by atoms with van der Waals surface area (Å²) in [5.74, 6) is 0.968. The van der Waals surface area contributed by atoms with Gasteiger partial charge in [-0.05, 0) is 30.5 Å². The number of benzene rings is 1. The Bertz CT molecular complexity index is 1110. The van der Waals surface area contributed by atoms with E-state index in [1.807, 2.05) is 58.6 Å². The fourth-order valence-electron chi connectivity index (χ4n) is 2.64. The number of carbonyl (C=O) groups excluding carboxylic acids is 1. The Morgan fingerprint density at radius 2 is 2.03 bits per heavy atom. The summed E-state index contributed by atoms with van der Waals surface area (Å²) in [6.07, 6.45) is 0. The molecule has 3 aromatic heterocycles. The zero-order valence-electron chi connectivity index (χ0n) is 15.3. The molecule has 29 heavy (non-hydrogen) atoms. The molecule has 0 fully saturated rings. The number of halogens is 1. The van der Waals surface area contributed by atoms with Gasteiger partial charge in [-0.25, -0.2) is 4.98 Å². The molecule has 0 unspecified atom stereocenters. The van der Waals surface area contributed by atoms with Gasteiger partial charge in [0, 0.05) is 22.0 Å². The number of anilines is 1. The summed E-state index contributed by atoms with van der Waals surface area (Å²) in [6, 6.07) is 11.9. The molecular formula is C19H16BrN5OS3. The Morgan fingerprint density at radius 3 is 2.76 bits per heavy atom. The second-order valence-electron chi connectivity index (χ2n) is 5.91. The van der Waals surface area contributed by atoms with E-state index in [1.165, 1.54) is 23.1 Å². The van der Waals surface area contributed by atoms with Gasteiger partial charge in [0.15, 0.2) is 16.1 Å². The van der Waals surface area contributed by atoms with Gasteiger partial charge in [0.25, 0.3) is 0 Å². The number of thiophene rings is 1. The first kappa shape index (κ1) is 20.3. The van der Waals surface area contributed by atoms with Crippen LogP contribution in [0.3, 0.4) is 0 Å². The molecular weight excluding hydrogens is 490 g/mol. The van der Waals surface area contributed by atoms with Crippen molar-refractivity contribution < 1.29 is 4.79 Å². The zero-order valence-corrected chi connectivity index (χ0v) is 19.4. The quantitative estimate of drug-likeness (QED) is 0.329. The molecule has 3 heterocycles. The highest BCUT2D eigenvalue weighted by Gasteiger charge is 2.16. The van der Waals surface area contributed by atoms with Crippen LogP contribution in [0.2, 0.25) is 0 Å². The summed E-state index contributed by atoms with van der Waals surface area (Å²) >= 11 is 7.84. The van der Waals surface area contributed by atoms with Crippen molar-refractivity contribution in [2.75, 3.05) is 11.1 Å². The van der Waals surface area contributed by atoms with E-state index in [0.29, 0.717) is 5.13 Å². The average molecular weight is 506 g/mol. The second kappa shape index (κ2) is 9.21. The van der Waals surface area contributed by atoms with Crippen LogP contribution in [0.25, 0.3) is 22.0 Å². The summed E-state index contributed by atoms with van der Waals surface area (Å²) in [5, 5.41) is 16.7. The van der Waals surface area contributed by atoms with E-state index < -0.39 is 0 Å². The van der Waals surface area contributed by atoms with E-state index >= 15 is 0 Å². The highest BCUT2D eigenvalue weighted by molar-refractivity contribution is 9.10. The normalized spacial score (nSPS) is 11.0. The maximum Gasteiger partial charge on any atom is 0.236 e. The number of hydrogen-bond acceptors (Lipinski definition) is 7. The van der Waals surface area contributed by atoms with Gasteiger partial charge in [-0.1, -0.05) is 45.9 Å². The third-order valence-electron chi connectivity index (χ3n) is 4.00. The van der Waals surface area contributed by atoms with E-state index in [2.05, 4.69) is 36.4 Å². The lowest BCUT2D eigenvalue weighted by molar-refractivity contribution is -0.113. The molecule has 0 aliphatic heterocycles. The van der Waals surface area contributed by atoms with Crippen LogP contribution >= 0.6 is 50.4 Å². The minimum Gasteiger partial charge on any atom is -0.302 e. The summed E-state index contributed by atoms with van der Waals surface area (Å²) in [5.41, 5.74) is 1.85. The van der Waals surface area contributed by atoms with Crippen molar-refractivity contribution in [2.45, 2.75) is 18.6 Å². The van der Waals surface area contributed by atoms with Gasteiger partial charge in [0.05, 0.1) is 16.3 Å². The molecule has 1 N–H and O–H groups in total. The highest BCUT2D eigenvalue weighted by Crippen LogP contribution is 2.28. The largest absolute Gasteiger partial charge is 0.302 e. The Hall–Kier alpha value is -2.01. The van der Waals surface area contributed by atoms with Crippen LogP contribution in [-0.4, -0.2) is 31.4 Å². The van der Waals surface area contributed by atoms with Crippen molar-refractivity contribution in [1.82, 2.24) is 19.7 Å². The third-order valence-corrected chi connectivity index (χ3v) is 7.12. The van der Waals surface area contributed by atoms with Crippen molar-refractivity contribution in [2.24, 2.45) is 0 Å². The summed E-state index contributed by atoms with van der Waals surface area (Å²) in [6.45, 7) is 2.79. The summed E-state index contributed by atoms with van der Waals surface area (Å²) < 4.78 is 3.04. The maximum absolute atomic E-state index is 12.4. The monoisotopic (exact) mass is 505 g/mol. The van der Waals surface area contributed by atoms with Gasteiger partial charge in [-0.3, -0.25) is 4.79 Å². The molecule has 0 radical (unpaired) electrons. The molecule has 0 saturated carbocycles. The zero-order chi connectivity index (χ0) is 20.2. The SMILES string of the molecule is CCn1c(SCC(=O)Nc2nc(-c3ccc(Br)cc3)cs2)nnc1-c1cccs1. The van der Waals surface area contributed by atoms with Crippen LogP contribution in [0.1, 0.15) is 6.92 Å². The Morgan fingerprint density at radius 1 is 1.21 bits per heavy atom. The smallest absolute Gasteiger partial charge is 0.236 e. The van der Waals surface area contributed by atoms with E-state index in [4.69, 9.17) is 0 Å². The van der Waals surface area contributed by atoms with Crippen LogP contribution in [0.5, 0.6) is 0 Å². The third kappa shape index (κ3) is 4.77. The average Bonchev–Trinajstić information content (AvgIpc) is 3.47. The molecule has 0 aliphatic rings. The molecule has 0 aliphatic carbocycles.